The zero-order valence-corrected chi connectivity index (χ0v) is 13.0. The Morgan fingerprint density at radius 3 is 2.70 bits per heavy atom. The van der Waals surface area contributed by atoms with Crippen LogP contribution in [-0.2, 0) is 11.8 Å². The quantitative estimate of drug-likeness (QED) is 0.734. The molecule has 2 unspecified atom stereocenters. The normalized spacial score (nSPS) is 14.3. The number of amides is 1. The molecule has 1 aromatic heterocycles. The van der Waals surface area contributed by atoms with Gasteiger partial charge in [0.05, 0.1) is 18.8 Å². The highest BCUT2D eigenvalue weighted by Gasteiger charge is 2.27. The van der Waals surface area contributed by atoms with Gasteiger partial charge < -0.3 is 11.1 Å². The zero-order chi connectivity index (χ0) is 15.1. The summed E-state index contributed by atoms with van der Waals surface area (Å²) < 4.78 is 1.77. The maximum Gasteiger partial charge on any atom is 0.233 e. The van der Waals surface area contributed by atoms with Crippen LogP contribution in [0.1, 0.15) is 38.3 Å². The Bertz CT molecular complexity index is 417. The van der Waals surface area contributed by atoms with Gasteiger partial charge in [-0.15, -0.1) is 0 Å². The van der Waals surface area contributed by atoms with Crippen LogP contribution in [0.5, 0.6) is 0 Å². The number of aromatic nitrogens is 2. The van der Waals surface area contributed by atoms with E-state index in [1.165, 1.54) is 0 Å². The van der Waals surface area contributed by atoms with E-state index in [0.29, 0.717) is 6.54 Å². The van der Waals surface area contributed by atoms with Crippen LogP contribution in [0.15, 0.2) is 12.4 Å². The fraction of sp³-hybridized carbons (Fsp3) is 0.714. The molecule has 0 aliphatic rings. The molecule has 3 N–H and O–H groups in total. The second-order valence-electron chi connectivity index (χ2n) is 5.11. The summed E-state index contributed by atoms with van der Waals surface area (Å²) in [5.74, 6) is 0.00985. The molecule has 0 aliphatic heterocycles. The summed E-state index contributed by atoms with van der Waals surface area (Å²) in [6.07, 6.45) is 5.65. The van der Waals surface area contributed by atoms with Crippen molar-refractivity contribution in [2.45, 2.75) is 38.8 Å². The average Bonchev–Trinajstić information content (AvgIpc) is 2.85. The first-order valence-electron chi connectivity index (χ1n) is 7.22. The Kier molecular flexibility index (Phi) is 6.67. The van der Waals surface area contributed by atoms with Crippen molar-refractivity contribution in [3.8, 4) is 0 Å². The Hall–Kier alpha value is -1.40. The van der Waals surface area contributed by atoms with E-state index in [4.69, 9.17) is 5.73 Å². The minimum atomic E-state index is -0.0181. The van der Waals surface area contributed by atoms with Crippen molar-refractivity contribution in [3.63, 3.8) is 0 Å². The second kappa shape index (κ2) is 8.01. The number of hydrogen-bond donors (Lipinski definition) is 2. The summed E-state index contributed by atoms with van der Waals surface area (Å²) in [4.78, 5) is 13.9. The summed E-state index contributed by atoms with van der Waals surface area (Å²) in [7, 11) is 3.55. The van der Waals surface area contributed by atoms with Gasteiger partial charge in [-0.05, 0) is 19.4 Å². The van der Waals surface area contributed by atoms with Crippen LogP contribution in [0.3, 0.4) is 0 Å². The lowest BCUT2D eigenvalue weighted by Gasteiger charge is -2.34. The molecule has 0 aromatic carbocycles. The van der Waals surface area contributed by atoms with Gasteiger partial charge >= 0.3 is 0 Å². The molecular weight excluding hydrogens is 254 g/mol. The molecule has 0 saturated carbocycles. The number of rotatable bonds is 8. The van der Waals surface area contributed by atoms with Gasteiger partial charge in [-0.25, -0.2) is 0 Å². The number of nitrogens with two attached hydrogens (primary N) is 1. The molecule has 0 bridgehead atoms. The first-order valence-corrected chi connectivity index (χ1v) is 7.22. The molecule has 114 valence electrons. The van der Waals surface area contributed by atoms with Crippen molar-refractivity contribution in [3.05, 3.63) is 18.0 Å². The Morgan fingerprint density at radius 2 is 2.25 bits per heavy atom. The third kappa shape index (κ3) is 4.31. The SMILES string of the molecule is CCCN(CC(=O)NC)C(c1cnn(C)c1)C(N)CC. The highest BCUT2D eigenvalue weighted by Crippen LogP contribution is 2.24. The van der Waals surface area contributed by atoms with Crippen molar-refractivity contribution in [2.24, 2.45) is 12.8 Å². The standard InChI is InChI=1S/C14H27N5O/c1-5-7-19(10-13(20)16-3)14(12(15)6-2)11-8-17-18(4)9-11/h8-9,12,14H,5-7,10,15H2,1-4H3,(H,16,20). The highest BCUT2D eigenvalue weighted by atomic mass is 16.1. The molecule has 0 spiro atoms. The fourth-order valence-electron chi connectivity index (χ4n) is 2.41. The van der Waals surface area contributed by atoms with Crippen LogP contribution >= 0.6 is 0 Å². The smallest absolute Gasteiger partial charge is 0.233 e. The van der Waals surface area contributed by atoms with Gasteiger partial charge in [-0.1, -0.05) is 13.8 Å². The largest absolute Gasteiger partial charge is 0.358 e. The number of carbonyl (C=O) groups is 1. The molecule has 1 amide bonds. The summed E-state index contributed by atoms with van der Waals surface area (Å²) in [5, 5.41) is 6.91. The Labute approximate surface area is 121 Å². The van der Waals surface area contributed by atoms with Gasteiger partial charge in [0.1, 0.15) is 0 Å². The molecule has 0 radical (unpaired) electrons. The van der Waals surface area contributed by atoms with E-state index in [0.717, 1.165) is 24.9 Å². The molecule has 1 rings (SSSR count). The van der Waals surface area contributed by atoms with Gasteiger partial charge in [-0.3, -0.25) is 14.4 Å². The van der Waals surface area contributed by atoms with Crippen LogP contribution in [0.25, 0.3) is 0 Å². The topological polar surface area (TPSA) is 76.2 Å². The van der Waals surface area contributed by atoms with Crippen LogP contribution in [-0.4, -0.2) is 46.8 Å². The third-order valence-electron chi connectivity index (χ3n) is 3.47. The number of hydrogen-bond acceptors (Lipinski definition) is 4. The molecular formula is C14H27N5O. The molecule has 20 heavy (non-hydrogen) atoms. The first kappa shape index (κ1) is 16.7. The molecule has 6 heteroatoms. The number of likely N-dealkylation sites (N-methyl/N-ethyl adjacent to an activating group) is 1. The summed E-state index contributed by atoms with van der Waals surface area (Å²) in [6, 6.07) is 0.00126. The monoisotopic (exact) mass is 281 g/mol. The Balaban J connectivity index is 3.01. The Morgan fingerprint density at radius 1 is 1.55 bits per heavy atom. The molecule has 0 saturated heterocycles. The van der Waals surface area contributed by atoms with E-state index in [9.17, 15) is 4.79 Å². The summed E-state index contributed by atoms with van der Waals surface area (Å²) >= 11 is 0. The van der Waals surface area contributed by atoms with Crippen molar-refractivity contribution >= 4 is 5.91 Å². The average molecular weight is 281 g/mol. The van der Waals surface area contributed by atoms with E-state index >= 15 is 0 Å². The highest BCUT2D eigenvalue weighted by molar-refractivity contribution is 5.77. The van der Waals surface area contributed by atoms with E-state index in [-0.39, 0.29) is 18.0 Å². The third-order valence-corrected chi connectivity index (χ3v) is 3.47. The van der Waals surface area contributed by atoms with Gasteiger partial charge in [0.2, 0.25) is 5.91 Å². The van der Waals surface area contributed by atoms with Gasteiger partial charge in [-0.2, -0.15) is 5.10 Å². The van der Waals surface area contributed by atoms with E-state index in [2.05, 4.69) is 29.2 Å². The molecule has 6 nitrogen and oxygen atoms in total. The van der Waals surface area contributed by atoms with Gasteiger partial charge in [0, 0.05) is 31.9 Å². The lowest BCUT2D eigenvalue weighted by molar-refractivity contribution is -0.122. The van der Waals surface area contributed by atoms with Crippen molar-refractivity contribution in [2.75, 3.05) is 20.1 Å². The van der Waals surface area contributed by atoms with Gasteiger partial charge in [0.25, 0.3) is 0 Å². The minimum absolute atomic E-state index is 0.00985. The number of nitrogens with zero attached hydrogens (tertiary/aromatic N) is 3. The van der Waals surface area contributed by atoms with E-state index < -0.39 is 0 Å². The zero-order valence-electron chi connectivity index (χ0n) is 13.0. The summed E-state index contributed by atoms with van der Waals surface area (Å²) in [6.45, 7) is 5.37. The number of carbonyl (C=O) groups excluding carboxylic acids is 1. The second-order valence-corrected chi connectivity index (χ2v) is 5.11. The molecule has 2 atom stereocenters. The maximum absolute atomic E-state index is 11.7. The molecule has 0 aliphatic carbocycles. The maximum atomic E-state index is 11.7. The van der Waals surface area contributed by atoms with E-state index in [1.54, 1.807) is 11.7 Å². The van der Waals surface area contributed by atoms with Crippen LogP contribution in [0, 0.1) is 0 Å². The lowest BCUT2D eigenvalue weighted by atomic mass is 9.98. The van der Waals surface area contributed by atoms with Crippen molar-refractivity contribution < 1.29 is 4.79 Å². The summed E-state index contributed by atoms with van der Waals surface area (Å²) in [5.41, 5.74) is 7.37. The van der Waals surface area contributed by atoms with Crippen LogP contribution < -0.4 is 11.1 Å². The van der Waals surface area contributed by atoms with Crippen molar-refractivity contribution in [1.29, 1.82) is 0 Å². The molecule has 1 heterocycles. The lowest BCUT2D eigenvalue weighted by Crippen LogP contribution is -2.45. The van der Waals surface area contributed by atoms with Crippen LogP contribution in [0.2, 0.25) is 0 Å². The minimum Gasteiger partial charge on any atom is -0.358 e. The van der Waals surface area contributed by atoms with Gasteiger partial charge in [0.15, 0.2) is 0 Å². The van der Waals surface area contributed by atoms with E-state index in [1.807, 2.05) is 19.4 Å². The number of aryl methyl sites for hydroxylation is 1. The van der Waals surface area contributed by atoms with Crippen LogP contribution in [0.4, 0.5) is 0 Å². The predicted octanol–water partition coefficient (Wildman–Crippen LogP) is 0.657. The number of nitrogens with one attached hydrogen (secondary N) is 1. The fourth-order valence-corrected chi connectivity index (χ4v) is 2.41. The molecule has 0 fully saturated rings. The molecule has 1 aromatic rings. The first-order chi connectivity index (χ1) is 9.53. The predicted molar refractivity (Wildman–Crippen MR) is 80.1 cm³/mol. The van der Waals surface area contributed by atoms with Crippen molar-refractivity contribution in [1.82, 2.24) is 20.0 Å².